The number of carbonyl (C=O) groups is 1. The second kappa shape index (κ2) is 6.45. The Kier molecular flexibility index (Phi) is 4.25. The third-order valence-electron chi connectivity index (χ3n) is 5.79. The van der Waals surface area contributed by atoms with Crippen LogP contribution in [0.4, 0.5) is 0 Å². The van der Waals surface area contributed by atoms with Gasteiger partial charge in [-0.2, -0.15) is 5.10 Å². The molecule has 1 amide bonds. The molecule has 26 heavy (non-hydrogen) atoms. The molecule has 2 aromatic rings. The number of nitrogens with one attached hydrogen (secondary N) is 1. The standard InChI is InChI=1S/C21H27N3O2/c1-21(2)11-18(23-20(25)14-5-4-6-14)17-13-22-24(19(17)12-21)15-7-9-16(26-3)10-8-15/h7-10,13-14,18H,4-6,11-12H2,1-3H3,(H,23,25)/t18-/m1/s1. The highest BCUT2D eigenvalue weighted by Crippen LogP contribution is 2.42. The van der Waals surface area contributed by atoms with Crippen LogP contribution in [0.1, 0.15) is 56.8 Å². The van der Waals surface area contributed by atoms with E-state index in [1.165, 1.54) is 12.1 Å². The van der Waals surface area contributed by atoms with E-state index in [0.29, 0.717) is 0 Å². The van der Waals surface area contributed by atoms with Gasteiger partial charge in [-0.15, -0.1) is 0 Å². The summed E-state index contributed by atoms with van der Waals surface area (Å²) in [6.45, 7) is 4.54. The Labute approximate surface area is 154 Å². The predicted molar refractivity (Wildman–Crippen MR) is 100 cm³/mol. The van der Waals surface area contributed by atoms with Gasteiger partial charge in [0.25, 0.3) is 0 Å². The molecule has 0 saturated heterocycles. The number of aromatic nitrogens is 2. The molecular formula is C21H27N3O2. The third-order valence-corrected chi connectivity index (χ3v) is 5.79. The van der Waals surface area contributed by atoms with Crippen molar-refractivity contribution >= 4 is 5.91 Å². The SMILES string of the molecule is COc1ccc(-n2ncc3c2CC(C)(C)C[C@H]3NC(=O)C2CCC2)cc1. The summed E-state index contributed by atoms with van der Waals surface area (Å²) >= 11 is 0. The van der Waals surface area contributed by atoms with Crippen molar-refractivity contribution < 1.29 is 9.53 Å². The lowest BCUT2D eigenvalue weighted by atomic mass is 9.74. The number of hydrogen-bond acceptors (Lipinski definition) is 3. The van der Waals surface area contributed by atoms with E-state index in [0.717, 1.165) is 42.7 Å². The van der Waals surface area contributed by atoms with Crippen molar-refractivity contribution in [2.75, 3.05) is 7.11 Å². The molecule has 1 saturated carbocycles. The maximum Gasteiger partial charge on any atom is 0.223 e. The molecule has 1 atom stereocenters. The summed E-state index contributed by atoms with van der Waals surface area (Å²) in [7, 11) is 1.67. The topological polar surface area (TPSA) is 56.1 Å². The zero-order valence-corrected chi connectivity index (χ0v) is 15.8. The molecule has 1 N–H and O–H groups in total. The minimum Gasteiger partial charge on any atom is -0.497 e. The maximum atomic E-state index is 12.5. The van der Waals surface area contributed by atoms with Gasteiger partial charge in [-0.1, -0.05) is 20.3 Å². The highest BCUT2D eigenvalue weighted by atomic mass is 16.5. The smallest absolute Gasteiger partial charge is 0.223 e. The average molecular weight is 353 g/mol. The summed E-state index contributed by atoms with van der Waals surface area (Å²) in [5, 5.41) is 7.95. The van der Waals surface area contributed by atoms with Crippen molar-refractivity contribution in [1.29, 1.82) is 0 Å². The fourth-order valence-corrected chi connectivity index (χ4v) is 4.08. The summed E-state index contributed by atoms with van der Waals surface area (Å²) in [5.41, 5.74) is 3.50. The van der Waals surface area contributed by atoms with Gasteiger partial charge < -0.3 is 10.1 Å². The molecule has 0 radical (unpaired) electrons. The Bertz CT molecular complexity index is 803. The predicted octanol–water partition coefficient (Wildman–Crippen LogP) is 3.81. The molecule has 138 valence electrons. The van der Waals surface area contributed by atoms with Gasteiger partial charge >= 0.3 is 0 Å². The Hall–Kier alpha value is -2.30. The first kappa shape index (κ1) is 17.1. The lowest BCUT2D eigenvalue weighted by Crippen LogP contribution is -2.41. The van der Waals surface area contributed by atoms with Crippen LogP contribution in [-0.4, -0.2) is 22.8 Å². The molecule has 2 aliphatic carbocycles. The molecule has 0 unspecified atom stereocenters. The van der Waals surface area contributed by atoms with Crippen LogP contribution in [0.15, 0.2) is 30.5 Å². The second-order valence-corrected chi connectivity index (χ2v) is 8.39. The number of ether oxygens (including phenoxy) is 1. The van der Waals surface area contributed by atoms with Gasteiger partial charge in [0.2, 0.25) is 5.91 Å². The van der Waals surface area contributed by atoms with Gasteiger partial charge in [0.15, 0.2) is 0 Å². The number of hydrogen-bond donors (Lipinski definition) is 1. The van der Waals surface area contributed by atoms with Crippen LogP contribution in [0, 0.1) is 11.3 Å². The van der Waals surface area contributed by atoms with Crippen LogP contribution in [0.25, 0.3) is 5.69 Å². The largest absolute Gasteiger partial charge is 0.497 e. The van der Waals surface area contributed by atoms with E-state index in [4.69, 9.17) is 4.74 Å². The van der Waals surface area contributed by atoms with E-state index in [-0.39, 0.29) is 23.3 Å². The molecule has 1 fully saturated rings. The quantitative estimate of drug-likeness (QED) is 0.909. The molecule has 0 bridgehead atoms. The zero-order valence-electron chi connectivity index (χ0n) is 15.8. The summed E-state index contributed by atoms with van der Waals surface area (Å²) in [4.78, 5) is 12.5. The molecular weight excluding hydrogens is 326 g/mol. The number of methoxy groups -OCH3 is 1. The average Bonchev–Trinajstić information content (AvgIpc) is 2.95. The van der Waals surface area contributed by atoms with Gasteiger partial charge in [0, 0.05) is 11.5 Å². The van der Waals surface area contributed by atoms with E-state index < -0.39 is 0 Å². The summed E-state index contributed by atoms with van der Waals surface area (Å²) in [6.07, 6.45) is 7.06. The first-order chi connectivity index (χ1) is 12.5. The van der Waals surface area contributed by atoms with E-state index >= 15 is 0 Å². The molecule has 0 aliphatic heterocycles. The van der Waals surface area contributed by atoms with Gasteiger partial charge in [0.05, 0.1) is 30.7 Å². The lowest BCUT2D eigenvalue weighted by Gasteiger charge is -2.37. The number of benzene rings is 1. The molecule has 1 heterocycles. The maximum absolute atomic E-state index is 12.5. The summed E-state index contributed by atoms with van der Waals surface area (Å²) < 4.78 is 7.27. The van der Waals surface area contributed by atoms with Crippen LogP contribution in [0.2, 0.25) is 0 Å². The highest BCUT2D eigenvalue weighted by molar-refractivity contribution is 5.80. The lowest BCUT2D eigenvalue weighted by molar-refractivity contribution is -0.128. The molecule has 2 aliphatic rings. The van der Waals surface area contributed by atoms with E-state index in [1.54, 1.807) is 7.11 Å². The third kappa shape index (κ3) is 3.11. The normalized spacial score (nSPS) is 21.6. The van der Waals surface area contributed by atoms with Gasteiger partial charge in [-0.05, 0) is 55.4 Å². The summed E-state index contributed by atoms with van der Waals surface area (Å²) in [6, 6.07) is 8.00. The highest BCUT2D eigenvalue weighted by Gasteiger charge is 2.37. The molecule has 1 aromatic carbocycles. The second-order valence-electron chi connectivity index (χ2n) is 8.39. The fraction of sp³-hybridized carbons (Fsp3) is 0.524. The van der Waals surface area contributed by atoms with Crippen molar-refractivity contribution in [2.24, 2.45) is 11.3 Å². The Morgan fingerprint density at radius 2 is 2.00 bits per heavy atom. The van der Waals surface area contributed by atoms with Crippen LogP contribution >= 0.6 is 0 Å². The Morgan fingerprint density at radius 1 is 1.27 bits per heavy atom. The zero-order chi connectivity index (χ0) is 18.3. The minimum atomic E-state index is 0.0499. The van der Waals surface area contributed by atoms with Crippen LogP contribution in [0.3, 0.4) is 0 Å². The van der Waals surface area contributed by atoms with Crippen molar-refractivity contribution in [3.63, 3.8) is 0 Å². The molecule has 5 nitrogen and oxygen atoms in total. The van der Waals surface area contributed by atoms with Crippen LogP contribution in [0.5, 0.6) is 5.75 Å². The Balaban J connectivity index is 1.65. The van der Waals surface area contributed by atoms with Crippen molar-refractivity contribution in [3.8, 4) is 11.4 Å². The first-order valence-corrected chi connectivity index (χ1v) is 9.48. The number of fused-ring (bicyclic) bond motifs is 1. The number of rotatable bonds is 4. The fourth-order valence-electron chi connectivity index (χ4n) is 4.08. The first-order valence-electron chi connectivity index (χ1n) is 9.48. The van der Waals surface area contributed by atoms with Crippen molar-refractivity contribution in [3.05, 3.63) is 41.7 Å². The Morgan fingerprint density at radius 3 is 2.62 bits per heavy atom. The van der Waals surface area contributed by atoms with E-state index in [1.807, 2.05) is 35.1 Å². The van der Waals surface area contributed by atoms with Crippen LogP contribution in [-0.2, 0) is 11.2 Å². The molecule has 5 heteroatoms. The van der Waals surface area contributed by atoms with E-state index in [2.05, 4.69) is 24.3 Å². The molecule has 1 aromatic heterocycles. The monoisotopic (exact) mass is 353 g/mol. The molecule has 0 spiro atoms. The number of nitrogens with zero attached hydrogens (tertiary/aromatic N) is 2. The molecule has 4 rings (SSSR count). The van der Waals surface area contributed by atoms with Crippen LogP contribution < -0.4 is 10.1 Å². The van der Waals surface area contributed by atoms with Crippen molar-refractivity contribution in [1.82, 2.24) is 15.1 Å². The van der Waals surface area contributed by atoms with Crippen molar-refractivity contribution in [2.45, 2.75) is 52.0 Å². The number of carbonyl (C=O) groups excluding carboxylic acids is 1. The van der Waals surface area contributed by atoms with Gasteiger partial charge in [-0.3, -0.25) is 4.79 Å². The van der Waals surface area contributed by atoms with Gasteiger partial charge in [0.1, 0.15) is 5.75 Å². The number of amides is 1. The van der Waals surface area contributed by atoms with Gasteiger partial charge in [-0.25, -0.2) is 4.68 Å². The van der Waals surface area contributed by atoms with E-state index in [9.17, 15) is 4.79 Å². The minimum absolute atomic E-state index is 0.0499. The summed E-state index contributed by atoms with van der Waals surface area (Å²) in [5.74, 6) is 1.25.